The summed E-state index contributed by atoms with van der Waals surface area (Å²) in [6.07, 6.45) is 22.4. The van der Waals surface area contributed by atoms with E-state index in [0.29, 0.717) is 83.7 Å². The zero-order valence-corrected chi connectivity index (χ0v) is 43.5. The fourth-order valence-electron chi connectivity index (χ4n) is 9.10. The third-order valence-corrected chi connectivity index (χ3v) is 14.2. The Bertz CT molecular complexity index is 1580. The highest BCUT2D eigenvalue weighted by atomic mass is 79.9. The second-order valence-corrected chi connectivity index (χ2v) is 20.1. The van der Waals surface area contributed by atoms with Crippen molar-refractivity contribution < 1.29 is 50.1 Å². The fraction of sp³-hybridized carbons (Fsp3) is 0.673. The molecule has 12 heteroatoms. The molecule has 0 heterocycles. The number of carbonyl (C=O) groups excluding carboxylic acids is 1. The smallest absolute Gasteiger partial charge is 0.305 e. The number of unbranched alkanes of at least 4 members (excludes halogenated alkanes) is 5. The lowest BCUT2D eigenvalue weighted by Crippen LogP contribution is -2.23. The van der Waals surface area contributed by atoms with Crippen molar-refractivity contribution in [2.24, 2.45) is 23.7 Å². The molecule has 380 valence electrons. The van der Waals surface area contributed by atoms with Gasteiger partial charge in [0.15, 0.2) is 0 Å². The number of carbonyl (C=O) groups is 2. The number of carboxylic acids is 1. The van der Waals surface area contributed by atoms with Gasteiger partial charge in [0.2, 0.25) is 0 Å². The molecule has 2 aliphatic carbocycles. The molecule has 2 fully saturated rings. The van der Waals surface area contributed by atoms with Gasteiger partial charge in [-0.1, -0.05) is 137 Å². The number of hydrogen-bond acceptors (Lipinski definition) is 9. The van der Waals surface area contributed by atoms with Gasteiger partial charge in [-0.05, 0) is 157 Å². The van der Waals surface area contributed by atoms with Crippen LogP contribution in [0.15, 0.2) is 85.0 Å². The molecule has 10 atom stereocenters. The van der Waals surface area contributed by atoms with Crippen molar-refractivity contribution in [1.82, 2.24) is 0 Å². The summed E-state index contributed by atoms with van der Waals surface area (Å²) in [6.45, 7) is 2.64. The molecule has 2 saturated carbocycles. The number of aliphatic hydroxyl groups excluding tert-OH is 6. The number of aryl methyl sites for hydroxylation is 2. The third kappa shape index (κ3) is 28.1. The Morgan fingerprint density at radius 1 is 0.597 bits per heavy atom. The topological polar surface area (TPSA) is 185 Å². The number of carboxylic acid groups (broad SMARTS) is 1. The zero-order valence-electron chi connectivity index (χ0n) is 40.4. The van der Waals surface area contributed by atoms with E-state index in [1.807, 2.05) is 48.6 Å². The number of aliphatic carboxylic acids is 1. The average molecular weight is 1070 g/mol. The molecule has 7 N–H and O–H groups in total. The molecular weight excluding hydrogens is 980 g/mol. The normalized spacial score (nSPS) is 23.4. The molecule has 2 aromatic rings. The van der Waals surface area contributed by atoms with Crippen LogP contribution >= 0.6 is 31.9 Å². The maximum atomic E-state index is 11.7. The lowest BCUT2D eigenvalue weighted by molar-refractivity contribution is -0.144. The highest BCUT2D eigenvalue weighted by Crippen LogP contribution is 2.40. The minimum atomic E-state index is -0.784. The third-order valence-electron chi connectivity index (χ3n) is 13.1. The predicted molar refractivity (Wildman–Crippen MR) is 277 cm³/mol. The Balaban J connectivity index is 0.000000414. The number of allylic oxidation sites excluding steroid dienone is 4. The van der Waals surface area contributed by atoms with Gasteiger partial charge >= 0.3 is 11.9 Å². The van der Waals surface area contributed by atoms with Crippen molar-refractivity contribution in [2.75, 3.05) is 17.3 Å². The van der Waals surface area contributed by atoms with Gasteiger partial charge in [0.25, 0.3) is 0 Å². The SMILES string of the molecule is BrCCCCBr.CCCCCOC(=O)CCC/C=C\C[C@@H]1[C@@H](CC[C@@H](O)CCc2ccccc2)[C@H](O)C[C@@H]1O.O=C(O)CCC/C=C\C[C@@H]1[C@@H](CC[C@@H](O)CCc2ccccc2)[C@H](O)C[C@@H]1O. The van der Waals surface area contributed by atoms with Crippen LogP contribution in [0, 0.1) is 23.7 Å². The summed E-state index contributed by atoms with van der Waals surface area (Å²) in [6, 6.07) is 20.2. The van der Waals surface area contributed by atoms with E-state index in [2.05, 4.69) is 75.2 Å². The van der Waals surface area contributed by atoms with Crippen LogP contribution in [0.2, 0.25) is 0 Å². The average Bonchev–Trinajstić information content (AvgIpc) is 3.76. The Kier molecular flexibility index (Phi) is 34.7. The van der Waals surface area contributed by atoms with E-state index < -0.39 is 42.6 Å². The molecule has 0 bridgehead atoms. The van der Waals surface area contributed by atoms with Crippen LogP contribution in [0.25, 0.3) is 0 Å². The lowest BCUT2D eigenvalue weighted by atomic mass is 9.85. The molecule has 0 amide bonds. The molecule has 0 radical (unpaired) electrons. The van der Waals surface area contributed by atoms with Crippen molar-refractivity contribution in [3.63, 3.8) is 0 Å². The predicted octanol–water partition coefficient (Wildman–Crippen LogP) is 10.8. The zero-order chi connectivity index (χ0) is 49.1. The van der Waals surface area contributed by atoms with Gasteiger partial charge in [0.1, 0.15) is 0 Å². The number of halogens is 2. The first-order valence-electron chi connectivity index (χ1n) is 25.3. The number of rotatable bonds is 31. The fourth-order valence-corrected chi connectivity index (χ4v) is 9.90. The maximum absolute atomic E-state index is 11.7. The number of benzene rings is 2. The molecule has 67 heavy (non-hydrogen) atoms. The summed E-state index contributed by atoms with van der Waals surface area (Å²) >= 11 is 6.66. The van der Waals surface area contributed by atoms with E-state index in [9.17, 15) is 40.2 Å². The molecule has 10 nitrogen and oxygen atoms in total. The number of esters is 1. The minimum Gasteiger partial charge on any atom is -0.481 e. The number of alkyl halides is 2. The summed E-state index contributed by atoms with van der Waals surface area (Å²) in [7, 11) is 0. The first-order valence-corrected chi connectivity index (χ1v) is 27.6. The van der Waals surface area contributed by atoms with Crippen LogP contribution in [0.1, 0.15) is 153 Å². The summed E-state index contributed by atoms with van der Waals surface area (Å²) < 4.78 is 5.22. The van der Waals surface area contributed by atoms with Crippen LogP contribution in [-0.2, 0) is 27.2 Å². The highest BCUT2D eigenvalue weighted by Gasteiger charge is 2.41. The van der Waals surface area contributed by atoms with E-state index in [0.717, 1.165) is 62.0 Å². The van der Waals surface area contributed by atoms with Crippen molar-refractivity contribution in [1.29, 1.82) is 0 Å². The molecule has 0 aromatic heterocycles. The van der Waals surface area contributed by atoms with E-state index >= 15 is 0 Å². The Morgan fingerprint density at radius 3 is 1.45 bits per heavy atom. The van der Waals surface area contributed by atoms with Crippen molar-refractivity contribution in [3.8, 4) is 0 Å². The van der Waals surface area contributed by atoms with Crippen LogP contribution in [-0.4, -0.2) is 102 Å². The van der Waals surface area contributed by atoms with E-state index in [-0.39, 0.29) is 36.1 Å². The van der Waals surface area contributed by atoms with Crippen LogP contribution in [0.5, 0.6) is 0 Å². The molecule has 0 unspecified atom stereocenters. The second kappa shape index (κ2) is 38.3. The van der Waals surface area contributed by atoms with E-state index in [4.69, 9.17) is 9.84 Å². The van der Waals surface area contributed by atoms with E-state index in [1.54, 1.807) is 0 Å². The molecule has 2 aromatic carbocycles. The largest absolute Gasteiger partial charge is 0.481 e. The standard InChI is InChI=1S/C28H44O5.C23H34O5.C4H8Br2/c1-2-3-11-20-33-28(32)15-10-5-4-9-14-24-25(27(31)21-26(24)30)19-18-23(29)17-16-22-12-7-6-8-13-22;24-18(13-12-17-8-4-3-5-9-17)14-15-20-19(21(25)16-22(20)26)10-6-1-2-7-11-23(27)28;5-3-1-2-4-6/h4,6-9,12-13,23-27,29-31H,2-3,5,10-11,14-21H2,1H3;1,3-6,8-9,18-22,24-26H,2,7,10-16H2,(H,27,28);1-4H2/b9-4-;6-1-;/t23-,24+,25+,26-,27+;18-,19+,20+,21-,22+;/m00./s1. The Labute approximate surface area is 420 Å². The van der Waals surface area contributed by atoms with Gasteiger partial charge in [0.05, 0.1) is 43.2 Å². The van der Waals surface area contributed by atoms with Crippen molar-refractivity contribution in [2.45, 2.75) is 191 Å². The number of ether oxygens (including phenoxy) is 1. The van der Waals surface area contributed by atoms with Crippen LogP contribution in [0.3, 0.4) is 0 Å². The lowest BCUT2D eigenvalue weighted by Gasteiger charge is -2.23. The molecule has 0 spiro atoms. The Morgan fingerprint density at radius 2 is 1.03 bits per heavy atom. The first kappa shape index (κ1) is 60.7. The van der Waals surface area contributed by atoms with Crippen LogP contribution in [0.4, 0.5) is 0 Å². The monoisotopic (exact) mass is 1060 g/mol. The van der Waals surface area contributed by atoms with Crippen molar-refractivity contribution in [3.05, 3.63) is 96.1 Å². The molecule has 0 aliphatic heterocycles. The number of hydrogen-bond donors (Lipinski definition) is 7. The van der Waals surface area contributed by atoms with Gasteiger partial charge in [-0.3, -0.25) is 9.59 Å². The van der Waals surface area contributed by atoms with Gasteiger partial charge in [0, 0.05) is 23.5 Å². The van der Waals surface area contributed by atoms with Gasteiger partial charge in [-0.25, -0.2) is 0 Å². The number of aliphatic hydroxyl groups is 6. The van der Waals surface area contributed by atoms with E-state index in [1.165, 1.54) is 24.0 Å². The molecule has 2 aliphatic rings. The summed E-state index contributed by atoms with van der Waals surface area (Å²) in [5.74, 6) is -0.902. The van der Waals surface area contributed by atoms with Gasteiger partial charge in [-0.15, -0.1) is 0 Å². The van der Waals surface area contributed by atoms with Crippen LogP contribution < -0.4 is 0 Å². The second-order valence-electron chi connectivity index (χ2n) is 18.5. The Hall–Kier alpha value is -2.42. The summed E-state index contributed by atoms with van der Waals surface area (Å²) in [4.78, 5) is 22.2. The first-order chi connectivity index (χ1) is 32.4. The van der Waals surface area contributed by atoms with Gasteiger partial charge < -0.3 is 40.5 Å². The van der Waals surface area contributed by atoms with Crippen molar-refractivity contribution >= 4 is 43.8 Å². The highest BCUT2D eigenvalue weighted by molar-refractivity contribution is 9.09. The molecule has 0 saturated heterocycles. The van der Waals surface area contributed by atoms with Gasteiger partial charge in [-0.2, -0.15) is 0 Å². The quantitative estimate of drug-likeness (QED) is 0.0166. The minimum absolute atomic E-state index is 0.00736. The maximum Gasteiger partial charge on any atom is 0.305 e. The molecule has 4 rings (SSSR count). The summed E-state index contributed by atoms with van der Waals surface area (Å²) in [5.41, 5.74) is 2.43. The summed E-state index contributed by atoms with van der Waals surface area (Å²) in [5, 5.41) is 73.1. The molecular formula is C55H86Br2O10.